The van der Waals surface area contributed by atoms with E-state index < -0.39 is 7.12 Å². The summed E-state index contributed by atoms with van der Waals surface area (Å²) in [5, 5.41) is 24.5. The molecule has 0 bridgehead atoms. The Hall–Kier alpha value is -3.47. The molecule has 5 rings (SSSR count). The first-order valence-electron chi connectivity index (χ1n) is 9.53. The average Bonchev–Trinajstić information content (AvgIpc) is 2.79. The number of fused-ring (bicyclic) bond motifs is 3. The minimum Gasteiger partial charge on any atom is -0.423 e. The molecule has 0 saturated carbocycles. The molecule has 4 aromatic carbocycles. The molecule has 138 valence electrons. The lowest BCUT2D eigenvalue weighted by Gasteiger charge is -2.14. The van der Waals surface area contributed by atoms with Gasteiger partial charge in [0.1, 0.15) is 0 Å². The normalized spacial score (nSPS) is 11.1. The molecule has 0 fully saturated rings. The van der Waals surface area contributed by atoms with Gasteiger partial charge < -0.3 is 10.0 Å². The second kappa shape index (κ2) is 7.17. The fraction of sp³-hybridized carbons (Fsp3) is 0. The van der Waals surface area contributed by atoms with Crippen molar-refractivity contribution in [1.29, 1.82) is 0 Å². The number of hydrogen-bond acceptors (Lipinski definition) is 3. The number of aromatic nitrogens is 1. The van der Waals surface area contributed by atoms with Gasteiger partial charge in [-0.15, -0.1) is 0 Å². The predicted molar refractivity (Wildman–Crippen MR) is 120 cm³/mol. The Morgan fingerprint density at radius 3 is 2.10 bits per heavy atom. The largest absolute Gasteiger partial charge is 0.488 e. The zero-order chi connectivity index (χ0) is 19.8. The third-order valence-electron chi connectivity index (χ3n) is 5.33. The van der Waals surface area contributed by atoms with Crippen molar-refractivity contribution >= 4 is 34.1 Å². The third kappa shape index (κ3) is 3.19. The zero-order valence-electron chi connectivity index (χ0n) is 15.7. The van der Waals surface area contributed by atoms with E-state index in [0.29, 0.717) is 5.46 Å². The Labute approximate surface area is 169 Å². The van der Waals surface area contributed by atoms with Crippen LogP contribution in [-0.2, 0) is 0 Å². The molecule has 0 atom stereocenters. The predicted octanol–water partition coefficient (Wildman–Crippen LogP) is 4.40. The molecule has 0 aliphatic carbocycles. The van der Waals surface area contributed by atoms with Gasteiger partial charge in [-0.3, -0.25) is 4.98 Å². The van der Waals surface area contributed by atoms with E-state index in [1.165, 1.54) is 10.8 Å². The van der Waals surface area contributed by atoms with Gasteiger partial charge in [-0.1, -0.05) is 66.7 Å². The van der Waals surface area contributed by atoms with Crippen LogP contribution in [-0.4, -0.2) is 22.2 Å². The van der Waals surface area contributed by atoms with Gasteiger partial charge in [-0.25, -0.2) is 0 Å². The van der Waals surface area contributed by atoms with Crippen LogP contribution in [0, 0.1) is 0 Å². The second-order valence-corrected chi connectivity index (χ2v) is 7.15. The van der Waals surface area contributed by atoms with Crippen LogP contribution >= 0.6 is 0 Å². The first kappa shape index (κ1) is 17.6. The minimum atomic E-state index is -1.54. The van der Waals surface area contributed by atoms with Gasteiger partial charge in [-0.2, -0.15) is 0 Å². The first-order valence-corrected chi connectivity index (χ1v) is 9.53. The highest BCUT2D eigenvalue weighted by Gasteiger charge is 2.16. The molecular weight excluding hydrogens is 357 g/mol. The summed E-state index contributed by atoms with van der Waals surface area (Å²) in [6, 6.07) is 28.4. The van der Waals surface area contributed by atoms with Crippen molar-refractivity contribution in [2.24, 2.45) is 0 Å². The van der Waals surface area contributed by atoms with Gasteiger partial charge in [0.05, 0.1) is 0 Å². The van der Waals surface area contributed by atoms with Crippen LogP contribution in [0.3, 0.4) is 0 Å². The number of nitrogens with zero attached hydrogens (tertiary/aromatic N) is 1. The Balaban J connectivity index is 1.83. The lowest BCUT2D eigenvalue weighted by molar-refractivity contribution is 0.426. The first-order chi connectivity index (χ1) is 14.2. The van der Waals surface area contributed by atoms with E-state index in [1.54, 1.807) is 18.5 Å². The van der Waals surface area contributed by atoms with Crippen LogP contribution in [0.1, 0.15) is 0 Å². The quantitative estimate of drug-likeness (QED) is 0.363. The van der Waals surface area contributed by atoms with Crippen molar-refractivity contribution in [3.8, 4) is 22.3 Å². The van der Waals surface area contributed by atoms with Crippen molar-refractivity contribution in [2.45, 2.75) is 0 Å². The maximum absolute atomic E-state index is 9.89. The smallest absolute Gasteiger partial charge is 0.423 e. The fourth-order valence-electron chi connectivity index (χ4n) is 3.95. The number of benzene rings is 4. The second-order valence-electron chi connectivity index (χ2n) is 7.15. The van der Waals surface area contributed by atoms with Gasteiger partial charge >= 0.3 is 7.12 Å². The molecule has 0 aliphatic heterocycles. The van der Waals surface area contributed by atoms with Gasteiger partial charge in [0, 0.05) is 12.4 Å². The van der Waals surface area contributed by atoms with Crippen LogP contribution in [0.5, 0.6) is 0 Å². The molecule has 0 unspecified atom stereocenters. The molecule has 1 aromatic heterocycles. The molecule has 2 N–H and O–H groups in total. The van der Waals surface area contributed by atoms with Crippen molar-refractivity contribution in [2.75, 3.05) is 0 Å². The number of pyridine rings is 1. The number of hydrogen-bond donors (Lipinski definition) is 2. The Morgan fingerprint density at radius 2 is 1.34 bits per heavy atom. The standard InChI is InChI=1S/C25H18BNO2/c28-26(29)21-13-19(18-7-5-11-27-16-18)12-20(14-21)25-15-17-6-1-2-8-22(17)23-9-3-4-10-24(23)25/h1-16,28-29H. The minimum absolute atomic E-state index is 0.457. The molecule has 5 aromatic rings. The SMILES string of the molecule is OB(O)c1cc(-c2cccnc2)cc(-c2cc3ccccc3c3ccccc23)c1. The van der Waals surface area contributed by atoms with E-state index in [1.807, 2.05) is 36.4 Å². The topological polar surface area (TPSA) is 53.4 Å². The maximum Gasteiger partial charge on any atom is 0.488 e. The van der Waals surface area contributed by atoms with E-state index in [2.05, 4.69) is 47.4 Å². The van der Waals surface area contributed by atoms with E-state index in [4.69, 9.17) is 0 Å². The van der Waals surface area contributed by atoms with E-state index in [-0.39, 0.29) is 0 Å². The van der Waals surface area contributed by atoms with E-state index >= 15 is 0 Å². The molecule has 0 saturated heterocycles. The Bertz CT molecular complexity index is 1330. The van der Waals surface area contributed by atoms with Crippen molar-refractivity contribution in [3.05, 3.63) is 97.3 Å². The average molecular weight is 375 g/mol. The summed E-state index contributed by atoms with van der Waals surface area (Å²) in [4.78, 5) is 4.20. The highest BCUT2D eigenvalue weighted by Crippen LogP contribution is 2.35. The molecule has 29 heavy (non-hydrogen) atoms. The van der Waals surface area contributed by atoms with Crippen LogP contribution < -0.4 is 5.46 Å². The zero-order valence-corrected chi connectivity index (χ0v) is 15.7. The molecule has 0 radical (unpaired) electrons. The van der Waals surface area contributed by atoms with Gasteiger partial charge in [0.2, 0.25) is 0 Å². The van der Waals surface area contributed by atoms with Crippen molar-refractivity contribution in [3.63, 3.8) is 0 Å². The van der Waals surface area contributed by atoms with Crippen LogP contribution in [0.25, 0.3) is 43.8 Å². The lowest BCUT2D eigenvalue weighted by Crippen LogP contribution is -2.30. The third-order valence-corrected chi connectivity index (χ3v) is 5.33. The summed E-state index contributed by atoms with van der Waals surface area (Å²) < 4.78 is 0. The summed E-state index contributed by atoms with van der Waals surface area (Å²) in [6.45, 7) is 0. The highest BCUT2D eigenvalue weighted by molar-refractivity contribution is 6.58. The van der Waals surface area contributed by atoms with Crippen molar-refractivity contribution < 1.29 is 10.0 Å². The molecular formula is C25H18BNO2. The summed E-state index contributed by atoms with van der Waals surface area (Å²) in [7, 11) is -1.54. The number of rotatable bonds is 3. The van der Waals surface area contributed by atoms with Crippen LogP contribution in [0.4, 0.5) is 0 Å². The monoisotopic (exact) mass is 375 g/mol. The van der Waals surface area contributed by atoms with E-state index in [9.17, 15) is 10.0 Å². The lowest BCUT2D eigenvalue weighted by atomic mass is 9.77. The van der Waals surface area contributed by atoms with Crippen molar-refractivity contribution in [1.82, 2.24) is 4.98 Å². The highest BCUT2D eigenvalue weighted by atomic mass is 16.4. The Kier molecular flexibility index (Phi) is 4.36. The molecule has 4 heteroatoms. The maximum atomic E-state index is 9.89. The van der Waals surface area contributed by atoms with Crippen LogP contribution in [0.2, 0.25) is 0 Å². The fourth-order valence-corrected chi connectivity index (χ4v) is 3.95. The molecule has 0 aliphatic rings. The molecule has 3 nitrogen and oxygen atoms in total. The summed E-state index contributed by atoms with van der Waals surface area (Å²) in [6.07, 6.45) is 3.51. The van der Waals surface area contributed by atoms with Gasteiger partial charge in [0.15, 0.2) is 0 Å². The molecule has 0 amide bonds. The van der Waals surface area contributed by atoms with Gasteiger partial charge in [-0.05, 0) is 67.5 Å². The summed E-state index contributed by atoms with van der Waals surface area (Å²) >= 11 is 0. The Morgan fingerprint density at radius 1 is 0.621 bits per heavy atom. The summed E-state index contributed by atoms with van der Waals surface area (Å²) in [5.74, 6) is 0. The van der Waals surface area contributed by atoms with Gasteiger partial charge in [0.25, 0.3) is 0 Å². The van der Waals surface area contributed by atoms with Crippen LogP contribution in [0.15, 0.2) is 97.3 Å². The van der Waals surface area contributed by atoms with E-state index in [0.717, 1.165) is 33.0 Å². The molecule has 1 heterocycles. The molecule has 0 spiro atoms. The summed E-state index contributed by atoms with van der Waals surface area (Å²) in [5.41, 5.74) is 4.29.